The molecule has 1 aliphatic heterocycles. The highest BCUT2D eigenvalue weighted by Crippen LogP contribution is 2.54. The molecule has 3 aromatic rings. The summed E-state index contributed by atoms with van der Waals surface area (Å²) in [6, 6.07) is 11.1. The summed E-state index contributed by atoms with van der Waals surface area (Å²) in [5, 5.41) is 32.4. The molecule has 2 aliphatic rings. The van der Waals surface area contributed by atoms with E-state index in [0.717, 1.165) is 83.4 Å². The van der Waals surface area contributed by atoms with Crippen LogP contribution in [0.3, 0.4) is 0 Å². The molecule has 3 N–H and O–H groups in total. The number of phenolic OH excluding ortho intramolecular Hbond substituents is 2. The number of aliphatic hydroxyl groups excluding tert-OH is 1. The third kappa shape index (κ3) is 5.22. The van der Waals surface area contributed by atoms with Gasteiger partial charge in [-0.3, -0.25) is 0 Å². The predicted octanol–water partition coefficient (Wildman–Crippen LogP) is 7.24. The number of unbranched alkanes of at least 4 members (excludes halogenated alkanes) is 2. The Morgan fingerprint density at radius 1 is 0.950 bits per heavy atom. The van der Waals surface area contributed by atoms with Crippen molar-refractivity contribution in [3.63, 3.8) is 0 Å². The molecule has 0 unspecified atom stereocenters. The van der Waals surface area contributed by atoms with Gasteiger partial charge in [0.05, 0.1) is 20.3 Å². The molecule has 0 saturated carbocycles. The van der Waals surface area contributed by atoms with Gasteiger partial charge >= 0.3 is 0 Å². The molecule has 0 aromatic heterocycles. The maximum absolute atomic E-state index is 11.4. The van der Waals surface area contributed by atoms with E-state index in [0.29, 0.717) is 23.8 Å². The second kappa shape index (κ2) is 11.6. The summed E-state index contributed by atoms with van der Waals surface area (Å²) in [6.07, 6.45) is 5.13. The van der Waals surface area contributed by atoms with Gasteiger partial charge in [-0.25, -0.2) is 0 Å². The maximum atomic E-state index is 11.4. The van der Waals surface area contributed by atoms with E-state index >= 15 is 0 Å². The van der Waals surface area contributed by atoms with Crippen LogP contribution < -0.4 is 14.2 Å². The number of benzene rings is 3. The highest BCUT2D eigenvalue weighted by Gasteiger charge is 2.38. The molecule has 3 aromatic carbocycles. The molecule has 3 atom stereocenters. The Bertz CT molecular complexity index is 1380. The molecule has 5 rings (SSSR count). The molecule has 1 aliphatic carbocycles. The Morgan fingerprint density at radius 2 is 1.73 bits per heavy atom. The topological polar surface area (TPSA) is 88.4 Å². The Morgan fingerprint density at radius 3 is 2.42 bits per heavy atom. The fourth-order valence-electron chi connectivity index (χ4n) is 6.53. The van der Waals surface area contributed by atoms with Crippen molar-refractivity contribution < 1.29 is 29.5 Å². The van der Waals surface area contributed by atoms with Crippen LogP contribution in [0.25, 0.3) is 11.1 Å². The molecule has 0 amide bonds. The molecule has 6 heteroatoms. The van der Waals surface area contributed by atoms with Crippen LogP contribution in [0, 0.1) is 5.92 Å². The quantitative estimate of drug-likeness (QED) is 0.245. The Hall–Kier alpha value is -3.38. The second-order valence-electron chi connectivity index (χ2n) is 11.7. The van der Waals surface area contributed by atoms with Crippen LogP contribution in [0.4, 0.5) is 0 Å². The molecule has 214 valence electrons. The molecule has 0 bridgehead atoms. The van der Waals surface area contributed by atoms with E-state index < -0.39 is 12.2 Å². The number of phenols is 2. The van der Waals surface area contributed by atoms with E-state index in [1.165, 1.54) is 12.7 Å². The average Bonchev–Trinajstić information content (AvgIpc) is 2.93. The third-order valence-electron chi connectivity index (χ3n) is 8.40. The van der Waals surface area contributed by atoms with Gasteiger partial charge in [-0.15, -0.1) is 0 Å². The van der Waals surface area contributed by atoms with Gasteiger partial charge in [0.15, 0.2) is 11.5 Å². The summed E-state index contributed by atoms with van der Waals surface area (Å²) in [5.41, 5.74) is 7.24. The van der Waals surface area contributed by atoms with Gasteiger partial charge in [0.2, 0.25) is 0 Å². The predicted molar refractivity (Wildman–Crippen MR) is 157 cm³/mol. The first-order valence-electron chi connectivity index (χ1n) is 14.6. The highest BCUT2D eigenvalue weighted by atomic mass is 16.5. The molecular weight excluding hydrogens is 504 g/mol. The van der Waals surface area contributed by atoms with Gasteiger partial charge in [0.25, 0.3) is 0 Å². The summed E-state index contributed by atoms with van der Waals surface area (Å²) in [4.78, 5) is 0. The number of hydrogen-bond acceptors (Lipinski definition) is 6. The van der Waals surface area contributed by atoms with E-state index in [9.17, 15) is 15.3 Å². The van der Waals surface area contributed by atoms with E-state index in [1.54, 1.807) is 25.3 Å². The van der Waals surface area contributed by atoms with Gasteiger partial charge < -0.3 is 29.5 Å². The monoisotopic (exact) mass is 546 g/mol. The van der Waals surface area contributed by atoms with Crippen molar-refractivity contribution in [3.05, 3.63) is 64.2 Å². The molecule has 0 fully saturated rings. The number of aromatic hydroxyl groups is 2. The van der Waals surface area contributed by atoms with Crippen LogP contribution in [0.1, 0.15) is 86.3 Å². The summed E-state index contributed by atoms with van der Waals surface area (Å²) in [6.45, 7) is 6.53. The van der Waals surface area contributed by atoms with Crippen LogP contribution in [0.2, 0.25) is 0 Å². The van der Waals surface area contributed by atoms with Gasteiger partial charge in [0, 0.05) is 23.6 Å². The zero-order chi connectivity index (χ0) is 28.6. The first-order valence-corrected chi connectivity index (χ1v) is 14.6. The smallest absolute Gasteiger partial charge is 0.160 e. The lowest BCUT2D eigenvalue weighted by Crippen LogP contribution is -2.32. The number of rotatable bonds is 9. The van der Waals surface area contributed by atoms with Crippen LogP contribution in [0.5, 0.6) is 28.7 Å². The first-order chi connectivity index (χ1) is 19.2. The zero-order valence-corrected chi connectivity index (χ0v) is 24.3. The number of ether oxygens (including phenoxy) is 3. The Balaban J connectivity index is 1.65. The number of fused-ring (bicyclic) bond motifs is 5. The number of hydrogen-bond donors (Lipinski definition) is 3. The fourth-order valence-corrected chi connectivity index (χ4v) is 6.53. The zero-order valence-electron chi connectivity index (χ0n) is 24.3. The van der Waals surface area contributed by atoms with Crippen molar-refractivity contribution >= 4 is 0 Å². The van der Waals surface area contributed by atoms with Crippen LogP contribution in [-0.2, 0) is 19.3 Å². The lowest BCUT2D eigenvalue weighted by Gasteiger charge is -2.38. The van der Waals surface area contributed by atoms with E-state index in [2.05, 4.69) is 26.8 Å². The van der Waals surface area contributed by atoms with Crippen LogP contribution >= 0.6 is 0 Å². The lowest BCUT2D eigenvalue weighted by atomic mass is 9.72. The summed E-state index contributed by atoms with van der Waals surface area (Å²) < 4.78 is 17.9. The summed E-state index contributed by atoms with van der Waals surface area (Å²) >= 11 is 0. The van der Waals surface area contributed by atoms with Crippen LogP contribution in [0.15, 0.2) is 36.4 Å². The number of aliphatic hydroxyl groups is 1. The van der Waals surface area contributed by atoms with E-state index in [4.69, 9.17) is 14.2 Å². The van der Waals surface area contributed by atoms with Crippen molar-refractivity contribution in [1.29, 1.82) is 0 Å². The molecule has 40 heavy (non-hydrogen) atoms. The average molecular weight is 547 g/mol. The van der Waals surface area contributed by atoms with Crippen molar-refractivity contribution in [3.8, 4) is 39.9 Å². The summed E-state index contributed by atoms with van der Waals surface area (Å²) in [5.74, 6) is 2.87. The van der Waals surface area contributed by atoms with Crippen molar-refractivity contribution in [1.82, 2.24) is 0 Å². The maximum Gasteiger partial charge on any atom is 0.160 e. The van der Waals surface area contributed by atoms with Crippen molar-refractivity contribution in [2.24, 2.45) is 5.92 Å². The van der Waals surface area contributed by atoms with E-state index in [-0.39, 0.29) is 11.7 Å². The Labute approximate surface area is 237 Å². The van der Waals surface area contributed by atoms with Crippen LogP contribution in [-0.4, -0.2) is 35.6 Å². The first kappa shape index (κ1) is 28.2. The van der Waals surface area contributed by atoms with Gasteiger partial charge in [-0.05, 0) is 83.2 Å². The normalized spacial score (nSPS) is 19.4. The van der Waals surface area contributed by atoms with Gasteiger partial charge in [-0.1, -0.05) is 46.1 Å². The van der Waals surface area contributed by atoms with Gasteiger partial charge in [-0.2, -0.15) is 0 Å². The minimum absolute atomic E-state index is 0.0455. The molecule has 0 spiro atoms. The Kier molecular flexibility index (Phi) is 8.18. The standard InChI is InChI=1S/C34H42O6/c1-6-7-8-9-20-13-22-15-27(36)23(12-19(2)3)14-24(22)33-31(39-5)18-29-25(32(20)33)17-28(37)34(40-29)21-10-11-26(35)30(16-21)38-4/h10-11,14-16,18-20,28,34-37H,6-9,12-13,17H2,1-5H3/t20-,28-,34+/m1/s1. The minimum atomic E-state index is -0.770. The molecular formula is C34H42O6. The second-order valence-corrected chi connectivity index (χ2v) is 11.7. The number of methoxy groups -OCH3 is 2. The molecule has 0 saturated heterocycles. The SMILES string of the molecule is CCCCC[C@@H]1Cc2cc(O)c(CC(C)C)cc2-c2c(OC)cc3c(c21)C[C@@H](O)[C@H](c1ccc(O)c(OC)c1)O3. The van der Waals surface area contributed by atoms with Crippen molar-refractivity contribution in [2.45, 2.75) is 83.8 Å². The summed E-state index contributed by atoms with van der Waals surface area (Å²) in [7, 11) is 3.20. The van der Waals surface area contributed by atoms with E-state index in [1.807, 2.05) is 12.1 Å². The fraction of sp³-hybridized carbons (Fsp3) is 0.471. The molecule has 0 radical (unpaired) electrons. The van der Waals surface area contributed by atoms with Gasteiger partial charge in [0.1, 0.15) is 23.4 Å². The lowest BCUT2D eigenvalue weighted by molar-refractivity contribution is 0.0201. The minimum Gasteiger partial charge on any atom is -0.508 e. The highest BCUT2D eigenvalue weighted by molar-refractivity contribution is 5.83. The molecule has 1 heterocycles. The molecule has 6 nitrogen and oxygen atoms in total. The third-order valence-corrected chi connectivity index (χ3v) is 8.40. The largest absolute Gasteiger partial charge is 0.508 e. The van der Waals surface area contributed by atoms with Crippen molar-refractivity contribution in [2.75, 3.05) is 14.2 Å².